The second kappa shape index (κ2) is 5.57. The van der Waals surface area contributed by atoms with Crippen LogP contribution in [0.4, 0.5) is 0 Å². The second-order valence-electron chi connectivity index (χ2n) is 1.35. The van der Waals surface area contributed by atoms with Crippen LogP contribution in [0.3, 0.4) is 0 Å². The maximum Gasteiger partial charge on any atom is 0.761 e. The van der Waals surface area contributed by atoms with Crippen LogP contribution in [0.25, 0.3) is 0 Å². The second-order valence-corrected chi connectivity index (χ2v) is 4.53. The van der Waals surface area contributed by atoms with Gasteiger partial charge in [-0.3, -0.25) is 4.46 Å². The molecule has 0 aliphatic carbocycles. The number of hydrogen-bond acceptors (Lipinski definition) is 4. The molecule has 13 heavy (non-hydrogen) atoms. The molecule has 6 N–H and O–H groups in total. The van der Waals surface area contributed by atoms with Crippen molar-refractivity contribution in [1.82, 2.24) is 0 Å². The minimum atomic E-state index is -5.05. The molecule has 0 rings (SSSR count). The summed E-state index contributed by atoms with van der Waals surface area (Å²) in [5.74, 6) is 0. The first-order chi connectivity index (χ1) is 5.44. The summed E-state index contributed by atoms with van der Waals surface area (Å²) >= 11 is 0. The van der Waals surface area contributed by atoms with E-state index in [0.717, 1.165) is 0 Å². The summed E-state index contributed by atoms with van der Waals surface area (Å²) in [5.41, 5.74) is 0. The maximum atomic E-state index is 9.63. The summed E-state index contributed by atoms with van der Waals surface area (Å²) in [6, 6.07) is 0. The van der Waals surface area contributed by atoms with Crippen molar-refractivity contribution in [1.29, 1.82) is 0 Å². The Morgan fingerprint density at radius 1 is 0.923 bits per heavy atom. The van der Waals surface area contributed by atoms with Crippen LogP contribution in [0.5, 0.6) is 0 Å². The largest absolute Gasteiger partial charge is 0.761 e. The highest BCUT2D eigenvalue weighted by atomic mass is 31.3. The van der Waals surface area contributed by atoms with Crippen molar-refractivity contribution in [3.63, 3.8) is 0 Å². The maximum absolute atomic E-state index is 9.63. The monoisotopic (exact) mass is 256 g/mol. The van der Waals surface area contributed by atoms with E-state index in [-0.39, 0.29) is 0 Å². The van der Waals surface area contributed by atoms with Gasteiger partial charge in [0.15, 0.2) is 0 Å². The molecule has 0 unspecified atom stereocenters. The molecule has 0 aromatic carbocycles. The standard InChI is InChI=1S/H4O7P2.H2O3Si/c1-8(2,3)7-9(4,5)6;1-4(2)3/h(H2,1,2,3)(H2,4,5,6);1-2H. The van der Waals surface area contributed by atoms with Gasteiger partial charge in [-0.2, -0.15) is 4.31 Å². The van der Waals surface area contributed by atoms with Crippen LogP contribution in [0, 0.1) is 0 Å². The van der Waals surface area contributed by atoms with E-state index in [2.05, 4.69) is 4.31 Å². The molecule has 13 heteroatoms. The van der Waals surface area contributed by atoms with Crippen molar-refractivity contribution < 1.29 is 47.1 Å². The molecule has 0 aliphatic rings. The molecule has 0 radical (unpaired) electrons. The third-order valence-corrected chi connectivity index (χ3v) is 1.91. The smallest absolute Gasteiger partial charge is 0.511 e. The third-order valence-electron chi connectivity index (χ3n) is 0.213. The van der Waals surface area contributed by atoms with Crippen molar-refractivity contribution in [3.05, 3.63) is 0 Å². The van der Waals surface area contributed by atoms with Gasteiger partial charge in [-0.25, -0.2) is 9.13 Å². The van der Waals surface area contributed by atoms with Crippen LogP contribution < -0.4 is 0 Å². The van der Waals surface area contributed by atoms with E-state index in [0.29, 0.717) is 0 Å². The Morgan fingerprint density at radius 3 is 1.08 bits per heavy atom. The Labute approximate surface area is 72.8 Å². The van der Waals surface area contributed by atoms with Gasteiger partial charge in [0.05, 0.1) is 0 Å². The zero-order chi connectivity index (χ0) is 11.3. The molecule has 0 aromatic rings. The lowest BCUT2D eigenvalue weighted by Gasteiger charge is -2.03. The highest BCUT2D eigenvalue weighted by Gasteiger charge is 2.27. The minimum Gasteiger partial charge on any atom is -0.511 e. The predicted octanol–water partition coefficient (Wildman–Crippen LogP) is -2.43. The average Bonchev–Trinajstić information content (AvgIpc) is 1.47. The molecule has 0 heterocycles. The van der Waals surface area contributed by atoms with E-state index in [9.17, 15) is 9.13 Å². The Kier molecular flexibility index (Phi) is 6.58. The molecular formula is H6O10P2Si. The van der Waals surface area contributed by atoms with E-state index in [1.54, 1.807) is 0 Å². The lowest BCUT2D eigenvalue weighted by atomic mass is 15.7. The van der Waals surface area contributed by atoms with E-state index in [1.807, 2.05) is 0 Å². The Morgan fingerprint density at radius 2 is 1.08 bits per heavy atom. The normalized spacial score (nSPS) is 11.4. The summed E-state index contributed by atoms with van der Waals surface area (Å²) in [4.78, 5) is 45.3. The highest BCUT2D eigenvalue weighted by Crippen LogP contribution is 2.53. The number of phosphoric acid groups is 2. The van der Waals surface area contributed by atoms with Crippen LogP contribution in [-0.2, 0) is 17.9 Å². The summed E-state index contributed by atoms with van der Waals surface area (Å²) in [7, 11) is -13.2. The van der Waals surface area contributed by atoms with Crippen LogP contribution >= 0.6 is 15.6 Å². The van der Waals surface area contributed by atoms with Crippen molar-refractivity contribution in [3.8, 4) is 0 Å². The lowest BCUT2D eigenvalue weighted by molar-refractivity contribution is 0.225. The van der Waals surface area contributed by atoms with Gasteiger partial charge in [0.25, 0.3) is 0 Å². The topological polar surface area (TPSA) is 182 Å². The van der Waals surface area contributed by atoms with Gasteiger partial charge >= 0.3 is 24.8 Å². The SMILES string of the molecule is O=P(O)(O)OP(=O)(O)O.O=[Si](O)O. The molecule has 80 valence electrons. The van der Waals surface area contributed by atoms with E-state index in [4.69, 9.17) is 33.6 Å². The minimum absolute atomic E-state index is 2.96. The molecule has 0 bridgehead atoms. The first-order valence-electron chi connectivity index (χ1n) is 2.18. The first kappa shape index (κ1) is 15.4. The fourth-order valence-corrected chi connectivity index (χ4v) is 1.25. The lowest BCUT2D eigenvalue weighted by Crippen LogP contribution is -1.90. The van der Waals surface area contributed by atoms with Crippen molar-refractivity contribution in [2.45, 2.75) is 0 Å². The van der Waals surface area contributed by atoms with Gasteiger partial charge in [0.1, 0.15) is 0 Å². The molecule has 10 nitrogen and oxygen atoms in total. The Bertz CT molecular complexity index is 218. The van der Waals surface area contributed by atoms with E-state index in [1.165, 1.54) is 0 Å². The van der Waals surface area contributed by atoms with Gasteiger partial charge < -0.3 is 29.2 Å². The number of hydrogen-bond donors (Lipinski definition) is 6. The zero-order valence-electron chi connectivity index (χ0n) is 5.71. The van der Waals surface area contributed by atoms with Crippen molar-refractivity contribution in [2.24, 2.45) is 0 Å². The Hall–Kier alpha value is -0.123. The molecule has 0 fully saturated rings. The fraction of sp³-hybridized carbons (Fsp3) is 0. The molecule has 0 spiro atoms. The summed E-state index contributed by atoms with van der Waals surface area (Å²) < 4.78 is 31.0. The zero-order valence-corrected chi connectivity index (χ0v) is 8.50. The molecule has 0 atom stereocenters. The molecular weight excluding hydrogens is 250 g/mol. The third kappa shape index (κ3) is 33.5. The van der Waals surface area contributed by atoms with E-state index < -0.39 is 24.8 Å². The average molecular weight is 256 g/mol. The van der Waals surface area contributed by atoms with Gasteiger partial charge in [0.2, 0.25) is 0 Å². The highest BCUT2D eigenvalue weighted by molar-refractivity contribution is 7.60. The number of rotatable bonds is 2. The summed E-state index contributed by atoms with van der Waals surface area (Å²) in [6.45, 7) is 0. The molecule has 0 saturated heterocycles. The summed E-state index contributed by atoms with van der Waals surface area (Å²) in [6.07, 6.45) is 0. The quantitative estimate of drug-likeness (QED) is 0.229. The molecule has 0 aromatic heterocycles. The molecule has 0 saturated carbocycles. The van der Waals surface area contributed by atoms with Crippen LogP contribution in [0.15, 0.2) is 0 Å². The fourth-order valence-electron chi connectivity index (χ4n) is 0.139. The van der Waals surface area contributed by atoms with Gasteiger partial charge in [-0.15, -0.1) is 0 Å². The first-order valence-corrected chi connectivity index (χ1v) is 6.54. The molecule has 0 amide bonds. The van der Waals surface area contributed by atoms with Gasteiger partial charge in [0, 0.05) is 0 Å². The summed E-state index contributed by atoms with van der Waals surface area (Å²) in [5, 5.41) is 0. The van der Waals surface area contributed by atoms with E-state index >= 15 is 0 Å². The van der Waals surface area contributed by atoms with Crippen molar-refractivity contribution in [2.75, 3.05) is 0 Å². The van der Waals surface area contributed by atoms with Crippen molar-refractivity contribution >= 4 is 24.8 Å². The predicted molar refractivity (Wildman–Crippen MR) is 36.1 cm³/mol. The Balaban J connectivity index is 0. The van der Waals surface area contributed by atoms with Crippen LogP contribution in [0.2, 0.25) is 0 Å². The van der Waals surface area contributed by atoms with Crippen LogP contribution in [-0.4, -0.2) is 38.3 Å². The van der Waals surface area contributed by atoms with Crippen LogP contribution in [0.1, 0.15) is 0 Å². The van der Waals surface area contributed by atoms with Gasteiger partial charge in [-0.05, 0) is 0 Å². The van der Waals surface area contributed by atoms with Gasteiger partial charge in [-0.1, -0.05) is 0 Å². The molecule has 0 aliphatic heterocycles.